The molecular formula is C28H40N2O3. The summed E-state index contributed by atoms with van der Waals surface area (Å²) in [6.45, 7) is 8.38. The van der Waals surface area contributed by atoms with E-state index in [2.05, 4.69) is 55.1 Å². The van der Waals surface area contributed by atoms with Gasteiger partial charge in [0, 0.05) is 51.3 Å². The van der Waals surface area contributed by atoms with Gasteiger partial charge >= 0.3 is 0 Å². The molecular weight excluding hydrogens is 412 g/mol. The number of carbonyl (C=O) groups is 1. The Balaban J connectivity index is 1.82. The zero-order chi connectivity index (χ0) is 24.1. The first-order chi connectivity index (χ1) is 15.7. The normalized spacial score (nSPS) is 19.7. The first-order valence-corrected chi connectivity index (χ1v) is 12.0. The maximum Gasteiger partial charge on any atom is 0.222 e. The van der Waals surface area contributed by atoms with Crippen molar-refractivity contribution in [3.05, 3.63) is 59.7 Å². The minimum absolute atomic E-state index is 0.0327. The van der Waals surface area contributed by atoms with E-state index in [1.54, 1.807) is 7.11 Å². The second-order valence-corrected chi connectivity index (χ2v) is 10.0. The van der Waals surface area contributed by atoms with Crippen LogP contribution in [-0.2, 0) is 21.5 Å². The molecule has 0 unspecified atom stereocenters. The van der Waals surface area contributed by atoms with Crippen molar-refractivity contribution in [2.24, 2.45) is 0 Å². The molecule has 0 saturated carbocycles. The van der Waals surface area contributed by atoms with Gasteiger partial charge in [-0.25, -0.2) is 0 Å². The predicted molar refractivity (Wildman–Crippen MR) is 135 cm³/mol. The Morgan fingerprint density at radius 1 is 1.06 bits per heavy atom. The standard InChI is InChI=1S/C28H40N2O3/c1-7-26(31)30(20-22-8-12-24(13-9-22)29(4)5)18-16-28(17-19-33-27(2,3)21-28)23-10-14-25(32-6)15-11-23/h8-15H,7,16-21H2,1-6H3/t28-/m0/s1. The van der Waals surface area contributed by atoms with Gasteiger partial charge in [0.2, 0.25) is 5.91 Å². The molecule has 1 heterocycles. The van der Waals surface area contributed by atoms with Gasteiger partial charge in [-0.15, -0.1) is 0 Å². The Morgan fingerprint density at radius 2 is 1.73 bits per heavy atom. The topological polar surface area (TPSA) is 42.0 Å². The first kappa shape index (κ1) is 25.1. The molecule has 1 aliphatic heterocycles. The number of carbonyl (C=O) groups excluding carboxylic acids is 1. The van der Waals surface area contributed by atoms with Crippen LogP contribution in [0, 0.1) is 0 Å². The van der Waals surface area contributed by atoms with E-state index in [9.17, 15) is 4.79 Å². The largest absolute Gasteiger partial charge is 0.497 e. The molecule has 0 bridgehead atoms. The highest BCUT2D eigenvalue weighted by atomic mass is 16.5. The molecule has 3 rings (SSSR count). The van der Waals surface area contributed by atoms with Crippen LogP contribution in [-0.4, -0.2) is 50.8 Å². The number of hydrogen-bond acceptors (Lipinski definition) is 4. The molecule has 2 aromatic rings. The highest BCUT2D eigenvalue weighted by molar-refractivity contribution is 5.75. The number of methoxy groups -OCH3 is 1. The van der Waals surface area contributed by atoms with Crippen LogP contribution in [0.2, 0.25) is 0 Å². The van der Waals surface area contributed by atoms with E-state index in [1.807, 2.05) is 38.1 Å². The predicted octanol–water partition coefficient (Wildman–Crippen LogP) is 5.42. The molecule has 0 radical (unpaired) electrons. The van der Waals surface area contributed by atoms with Gasteiger partial charge in [0.1, 0.15) is 5.75 Å². The fraction of sp³-hybridized carbons (Fsp3) is 0.536. The van der Waals surface area contributed by atoms with Crippen LogP contribution in [0.5, 0.6) is 5.75 Å². The maximum atomic E-state index is 12.9. The SMILES string of the molecule is CCC(=O)N(CC[C@]1(c2ccc(OC)cc2)CCOC(C)(C)C1)Cc1ccc(N(C)C)cc1. The minimum Gasteiger partial charge on any atom is -0.497 e. The third-order valence-corrected chi connectivity index (χ3v) is 6.88. The van der Waals surface area contributed by atoms with Gasteiger partial charge in [0.15, 0.2) is 0 Å². The van der Waals surface area contributed by atoms with E-state index in [0.29, 0.717) is 13.0 Å². The van der Waals surface area contributed by atoms with Crippen molar-refractivity contribution >= 4 is 11.6 Å². The lowest BCUT2D eigenvalue weighted by Gasteiger charge is -2.46. The van der Waals surface area contributed by atoms with E-state index in [1.165, 1.54) is 5.56 Å². The third kappa shape index (κ3) is 6.29. The number of anilines is 1. The van der Waals surface area contributed by atoms with Crippen LogP contribution in [0.1, 0.15) is 57.6 Å². The van der Waals surface area contributed by atoms with Crippen molar-refractivity contribution in [3.63, 3.8) is 0 Å². The fourth-order valence-corrected chi connectivity index (χ4v) is 5.01. The number of nitrogens with zero attached hydrogens (tertiary/aromatic N) is 2. The molecule has 0 aromatic heterocycles. The van der Waals surface area contributed by atoms with Crippen LogP contribution in [0.25, 0.3) is 0 Å². The van der Waals surface area contributed by atoms with Gasteiger partial charge in [-0.1, -0.05) is 31.2 Å². The lowest BCUT2D eigenvalue weighted by molar-refractivity contribution is -0.132. The van der Waals surface area contributed by atoms with Gasteiger partial charge in [0.25, 0.3) is 0 Å². The summed E-state index contributed by atoms with van der Waals surface area (Å²) in [5.41, 5.74) is 3.40. The molecule has 5 nitrogen and oxygen atoms in total. The molecule has 33 heavy (non-hydrogen) atoms. The second kappa shape index (κ2) is 10.6. The Morgan fingerprint density at radius 3 is 2.27 bits per heavy atom. The van der Waals surface area contributed by atoms with E-state index >= 15 is 0 Å². The van der Waals surface area contributed by atoms with E-state index < -0.39 is 0 Å². The molecule has 0 N–H and O–H groups in total. The average molecular weight is 453 g/mol. The molecule has 1 aliphatic rings. The van der Waals surface area contributed by atoms with Gasteiger partial charge < -0.3 is 19.3 Å². The summed E-state index contributed by atoms with van der Waals surface area (Å²) in [5, 5.41) is 0. The molecule has 1 atom stereocenters. The number of ether oxygens (including phenoxy) is 2. The van der Waals surface area contributed by atoms with Crippen LogP contribution in [0.4, 0.5) is 5.69 Å². The zero-order valence-corrected chi connectivity index (χ0v) is 21.2. The summed E-state index contributed by atoms with van der Waals surface area (Å²) in [6.07, 6.45) is 3.31. The number of amides is 1. The van der Waals surface area contributed by atoms with Crippen molar-refractivity contribution in [2.45, 2.75) is 64.0 Å². The zero-order valence-electron chi connectivity index (χ0n) is 21.2. The summed E-state index contributed by atoms with van der Waals surface area (Å²) in [6, 6.07) is 16.9. The van der Waals surface area contributed by atoms with Gasteiger partial charge in [0.05, 0.1) is 12.7 Å². The molecule has 5 heteroatoms. The van der Waals surface area contributed by atoms with Crippen molar-refractivity contribution in [1.29, 1.82) is 0 Å². The monoisotopic (exact) mass is 452 g/mol. The van der Waals surface area contributed by atoms with Crippen molar-refractivity contribution < 1.29 is 14.3 Å². The van der Waals surface area contributed by atoms with Crippen LogP contribution < -0.4 is 9.64 Å². The lowest BCUT2D eigenvalue weighted by Crippen LogP contribution is -2.46. The molecule has 180 valence electrons. The van der Waals surface area contributed by atoms with Crippen LogP contribution >= 0.6 is 0 Å². The first-order valence-electron chi connectivity index (χ1n) is 12.0. The Hall–Kier alpha value is -2.53. The van der Waals surface area contributed by atoms with Crippen molar-refractivity contribution in [1.82, 2.24) is 4.90 Å². The summed E-state index contributed by atoms with van der Waals surface area (Å²) in [5.74, 6) is 1.06. The Kier molecular flexibility index (Phi) is 8.06. The van der Waals surface area contributed by atoms with E-state index in [-0.39, 0.29) is 16.9 Å². The summed E-state index contributed by atoms with van der Waals surface area (Å²) < 4.78 is 11.5. The fourth-order valence-electron chi connectivity index (χ4n) is 5.01. The van der Waals surface area contributed by atoms with Crippen molar-refractivity contribution in [3.8, 4) is 5.75 Å². The summed E-state index contributed by atoms with van der Waals surface area (Å²) >= 11 is 0. The van der Waals surface area contributed by atoms with Crippen LogP contribution in [0.3, 0.4) is 0 Å². The Labute approximate surface area is 199 Å². The van der Waals surface area contributed by atoms with Crippen LogP contribution in [0.15, 0.2) is 48.5 Å². The van der Waals surface area contributed by atoms with Gasteiger partial charge in [-0.2, -0.15) is 0 Å². The molecule has 1 amide bonds. The second-order valence-electron chi connectivity index (χ2n) is 10.0. The molecule has 1 saturated heterocycles. The molecule has 2 aromatic carbocycles. The number of rotatable bonds is 9. The molecule has 0 spiro atoms. The number of benzene rings is 2. The average Bonchev–Trinajstić information content (AvgIpc) is 2.81. The highest BCUT2D eigenvalue weighted by Gasteiger charge is 2.42. The van der Waals surface area contributed by atoms with Gasteiger partial charge in [-0.05, 0) is 68.5 Å². The van der Waals surface area contributed by atoms with E-state index in [0.717, 1.165) is 49.4 Å². The smallest absolute Gasteiger partial charge is 0.222 e. The molecule has 1 fully saturated rings. The summed E-state index contributed by atoms with van der Waals surface area (Å²) in [4.78, 5) is 17.0. The number of hydrogen-bond donors (Lipinski definition) is 0. The van der Waals surface area contributed by atoms with E-state index in [4.69, 9.17) is 9.47 Å². The Bertz CT molecular complexity index is 906. The van der Waals surface area contributed by atoms with Crippen molar-refractivity contribution in [2.75, 3.05) is 39.3 Å². The summed E-state index contributed by atoms with van der Waals surface area (Å²) in [7, 11) is 5.77. The van der Waals surface area contributed by atoms with Gasteiger partial charge in [-0.3, -0.25) is 4.79 Å². The minimum atomic E-state index is -0.195. The quantitative estimate of drug-likeness (QED) is 0.510. The highest BCUT2D eigenvalue weighted by Crippen LogP contribution is 2.44. The third-order valence-electron chi connectivity index (χ3n) is 6.88. The lowest BCUT2D eigenvalue weighted by atomic mass is 9.67. The molecule has 0 aliphatic carbocycles. The maximum absolute atomic E-state index is 12.9.